The lowest BCUT2D eigenvalue weighted by molar-refractivity contribution is 0.177. The molecule has 1 saturated carbocycles. The number of aliphatic hydroxyl groups is 1. The van der Waals surface area contributed by atoms with Gasteiger partial charge in [0.2, 0.25) is 0 Å². The first-order valence-electron chi connectivity index (χ1n) is 5.54. The minimum atomic E-state index is -2.81. The normalized spacial score (nSPS) is 27.1. The molecule has 90 valence electrons. The van der Waals surface area contributed by atoms with Crippen LogP contribution in [0.2, 0.25) is 0 Å². The Labute approximate surface area is 92.0 Å². The van der Waals surface area contributed by atoms with Gasteiger partial charge < -0.3 is 10.4 Å². The highest BCUT2D eigenvalue weighted by molar-refractivity contribution is 7.90. The molecule has 0 amide bonds. The molecule has 0 aliphatic heterocycles. The van der Waals surface area contributed by atoms with Crippen LogP contribution in [-0.2, 0) is 9.84 Å². The van der Waals surface area contributed by atoms with Gasteiger partial charge in [-0.2, -0.15) is 0 Å². The summed E-state index contributed by atoms with van der Waals surface area (Å²) < 4.78 is 21.7. The van der Waals surface area contributed by atoms with Crippen LogP contribution in [0.3, 0.4) is 0 Å². The standard InChI is InChI=1S/C10H21NO3S/c1-15(13,14)6-2-5-11-8-9-3-4-10(12)7-9/h9-12H,2-8H2,1H3. The molecular weight excluding hydrogens is 214 g/mol. The van der Waals surface area contributed by atoms with E-state index < -0.39 is 9.84 Å². The molecule has 0 radical (unpaired) electrons. The third-order valence-corrected chi connectivity index (χ3v) is 3.85. The first-order chi connectivity index (χ1) is 6.97. The monoisotopic (exact) mass is 235 g/mol. The molecule has 0 bridgehead atoms. The highest BCUT2D eigenvalue weighted by Crippen LogP contribution is 2.24. The molecule has 0 spiro atoms. The van der Waals surface area contributed by atoms with Crippen LogP contribution in [0.4, 0.5) is 0 Å². The summed E-state index contributed by atoms with van der Waals surface area (Å²) in [5, 5.41) is 12.5. The van der Waals surface area contributed by atoms with Crippen molar-refractivity contribution in [1.29, 1.82) is 0 Å². The van der Waals surface area contributed by atoms with Gasteiger partial charge in [0.25, 0.3) is 0 Å². The van der Waals surface area contributed by atoms with Gasteiger partial charge in [-0.15, -0.1) is 0 Å². The zero-order valence-electron chi connectivity index (χ0n) is 9.28. The zero-order chi connectivity index (χ0) is 11.3. The zero-order valence-corrected chi connectivity index (χ0v) is 10.1. The van der Waals surface area contributed by atoms with Crippen molar-refractivity contribution in [3.63, 3.8) is 0 Å². The fraction of sp³-hybridized carbons (Fsp3) is 1.00. The van der Waals surface area contributed by atoms with Crippen molar-refractivity contribution < 1.29 is 13.5 Å². The fourth-order valence-corrected chi connectivity index (χ4v) is 2.67. The van der Waals surface area contributed by atoms with E-state index in [9.17, 15) is 13.5 Å². The van der Waals surface area contributed by atoms with Crippen molar-refractivity contribution in [2.45, 2.75) is 31.8 Å². The summed E-state index contributed by atoms with van der Waals surface area (Å²) in [6, 6.07) is 0. The summed E-state index contributed by atoms with van der Waals surface area (Å²) in [4.78, 5) is 0. The molecule has 5 heteroatoms. The summed E-state index contributed by atoms with van der Waals surface area (Å²) in [5.41, 5.74) is 0. The minimum absolute atomic E-state index is 0.118. The maximum absolute atomic E-state index is 10.8. The summed E-state index contributed by atoms with van der Waals surface area (Å²) >= 11 is 0. The summed E-state index contributed by atoms with van der Waals surface area (Å²) in [6.45, 7) is 1.65. The Morgan fingerprint density at radius 2 is 2.13 bits per heavy atom. The van der Waals surface area contributed by atoms with Crippen molar-refractivity contribution in [1.82, 2.24) is 5.32 Å². The summed E-state index contributed by atoms with van der Waals surface area (Å²) in [7, 11) is -2.81. The number of nitrogens with one attached hydrogen (secondary N) is 1. The van der Waals surface area contributed by atoms with Gasteiger partial charge >= 0.3 is 0 Å². The number of aliphatic hydroxyl groups excluding tert-OH is 1. The van der Waals surface area contributed by atoms with E-state index in [4.69, 9.17) is 0 Å². The molecule has 2 N–H and O–H groups in total. The Bertz CT molecular complexity index is 276. The number of hydrogen-bond donors (Lipinski definition) is 2. The Kier molecular flexibility index (Phi) is 5.02. The van der Waals surface area contributed by atoms with Gasteiger partial charge in [-0.05, 0) is 44.7 Å². The van der Waals surface area contributed by atoms with Crippen LogP contribution in [0, 0.1) is 5.92 Å². The molecule has 4 nitrogen and oxygen atoms in total. The smallest absolute Gasteiger partial charge is 0.147 e. The first-order valence-corrected chi connectivity index (χ1v) is 7.60. The Morgan fingerprint density at radius 3 is 2.67 bits per heavy atom. The Balaban J connectivity index is 1.98. The molecule has 0 saturated heterocycles. The summed E-state index contributed by atoms with van der Waals surface area (Å²) in [6.07, 6.45) is 4.71. The van der Waals surface area contributed by atoms with Gasteiger partial charge in [0.15, 0.2) is 0 Å². The van der Waals surface area contributed by atoms with E-state index in [1.165, 1.54) is 6.26 Å². The summed E-state index contributed by atoms with van der Waals surface area (Å²) in [5.74, 6) is 0.825. The third kappa shape index (κ3) is 6.12. The third-order valence-electron chi connectivity index (χ3n) is 2.82. The maximum Gasteiger partial charge on any atom is 0.147 e. The SMILES string of the molecule is CS(=O)(=O)CCCNCC1CCC(O)C1. The molecule has 0 aromatic rings. The average Bonchev–Trinajstić information content (AvgIpc) is 2.49. The van der Waals surface area contributed by atoms with Crippen LogP contribution in [0.25, 0.3) is 0 Å². The van der Waals surface area contributed by atoms with Crippen molar-refractivity contribution in [3.05, 3.63) is 0 Å². The predicted molar refractivity (Wildman–Crippen MR) is 60.5 cm³/mol. The van der Waals surface area contributed by atoms with Crippen LogP contribution in [0.15, 0.2) is 0 Å². The predicted octanol–water partition coefficient (Wildman–Crippen LogP) is 0.172. The molecular formula is C10H21NO3S. The maximum atomic E-state index is 10.8. The molecule has 2 atom stereocenters. The van der Waals surface area contributed by atoms with Crippen molar-refractivity contribution in [2.75, 3.05) is 25.1 Å². The van der Waals surface area contributed by atoms with E-state index in [-0.39, 0.29) is 11.9 Å². The van der Waals surface area contributed by atoms with E-state index in [1.807, 2.05) is 0 Å². The van der Waals surface area contributed by atoms with Crippen LogP contribution in [0.1, 0.15) is 25.7 Å². The molecule has 0 aromatic heterocycles. The molecule has 2 unspecified atom stereocenters. The number of sulfone groups is 1. The van der Waals surface area contributed by atoms with Gasteiger partial charge in [0.1, 0.15) is 9.84 Å². The topological polar surface area (TPSA) is 66.4 Å². The Hall–Kier alpha value is -0.130. The van der Waals surface area contributed by atoms with Gasteiger partial charge in [0, 0.05) is 6.26 Å². The lowest BCUT2D eigenvalue weighted by Crippen LogP contribution is -2.24. The lowest BCUT2D eigenvalue weighted by atomic mass is 10.1. The second-order valence-electron chi connectivity index (χ2n) is 4.52. The molecule has 1 rings (SSSR count). The molecule has 0 heterocycles. The number of rotatable bonds is 6. The largest absolute Gasteiger partial charge is 0.393 e. The second-order valence-corrected chi connectivity index (χ2v) is 6.78. The van der Waals surface area contributed by atoms with Crippen molar-refractivity contribution in [3.8, 4) is 0 Å². The fourth-order valence-electron chi connectivity index (χ4n) is 2.00. The van der Waals surface area contributed by atoms with E-state index in [2.05, 4.69) is 5.32 Å². The van der Waals surface area contributed by atoms with E-state index in [0.717, 1.165) is 32.4 Å². The van der Waals surface area contributed by atoms with Gasteiger partial charge in [-0.25, -0.2) is 8.42 Å². The molecule has 15 heavy (non-hydrogen) atoms. The Morgan fingerprint density at radius 1 is 1.40 bits per heavy atom. The first kappa shape index (κ1) is 12.9. The van der Waals surface area contributed by atoms with Gasteiger partial charge in [0.05, 0.1) is 11.9 Å². The van der Waals surface area contributed by atoms with Crippen LogP contribution in [0.5, 0.6) is 0 Å². The van der Waals surface area contributed by atoms with Crippen LogP contribution in [-0.4, -0.2) is 44.7 Å². The number of hydrogen-bond acceptors (Lipinski definition) is 4. The second kappa shape index (κ2) is 5.82. The van der Waals surface area contributed by atoms with Crippen molar-refractivity contribution in [2.24, 2.45) is 5.92 Å². The highest BCUT2D eigenvalue weighted by atomic mass is 32.2. The minimum Gasteiger partial charge on any atom is -0.393 e. The molecule has 1 aliphatic carbocycles. The van der Waals surface area contributed by atoms with E-state index in [1.54, 1.807) is 0 Å². The van der Waals surface area contributed by atoms with Crippen LogP contribution < -0.4 is 5.32 Å². The quantitative estimate of drug-likeness (QED) is 0.644. The molecule has 1 aliphatic rings. The van der Waals surface area contributed by atoms with Gasteiger partial charge in [-0.1, -0.05) is 0 Å². The van der Waals surface area contributed by atoms with Crippen molar-refractivity contribution >= 4 is 9.84 Å². The molecule has 0 aromatic carbocycles. The van der Waals surface area contributed by atoms with E-state index >= 15 is 0 Å². The van der Waals surface area contributed by atoms with E-state index in [0.29, 0.717) is 12.3 Å². The van der Waals surface area contributed by atoms with Crippen LogP contribution >= 0.6 is 0 Å². The molecule has 1 fully saturated rings. The van der Waals surface area contributed by atoms with Gasteiger partial charge in [-0.3, -0.25) is 0 Å². The lowest BCUT2D eigenvalue weighted by Gasteiger charge is -2.10. The average molecular weight is 235 g/mol. The highest BCUT2D eigenvalue weighted by Gasteiger charge is 2.21.